The van der Waals surface area contributed by atoms with Crippen molar-refractivity contribution in [3.05, 3.63) is 12.7 Å². The van der Waals surface area contributed by atoms with Crippen molar-refractivity contribution in [2.75, 3.05) is 0 Å². The molecule has 0 heterocycles. The molecular weight excluding hydrogens is 268 g/mol. The number of hydrogen-bond donors (Lipinski definition) is 0. The van der Waals surface area contributed by atoms with E-state index in [0.717, 1.165) is 6.42 Å². The second-order valence-corrected chi connectivity index (χ2v) is 15.9. The van der Waals surface area contributed by atoms with E-state index in [1.54, 1.807) is 0 Å². The van der Waals surface area contributed by atoms with Crippen LogP contribution in [0.15, 0.2) is 12.7 Å². The molecule has 0 aliphatic carbocycles. The molecule has 0 aliphatic rings. The van der Waals surface area contributed by atoms with Gasteiger partial charge in [0, 0.05) is 5.92 Å². The van der Waals surface area contributed by atoms with Crippen LogP contribution in [0.5, 0.6) is 0 Å². The average Bonchev–Trinajstić information content (AvgIpc) is 2.12. The van der Waals surface area contributed by atoms with Crippen LogP contribution in [0.4, 0.5) is 0 Å². The Balaban J connectivity index is 5.46. The van der Waals surface area contributed by atoms with Gasteiger partial charge >= 0.3 is 0 Å². The summed E-state index contributed by atoms with van der Waals surface area (Å²) in [5.74, 6) is 2.31. The lowest BCUT2D eigenvalue weighted by Gasteiger charge is -2.45. The number of terminal acetylenes is 1. The minimum atomic E-state index is -1.75. The summed E-state index contributed by atoms with van der Waals surface area (Å²) in [5.41, 5.74) is 0. The lowest BCUT2D eigenvalue weighted by atomic mass is 9.95. The molecule has 0 aromatic rings. The Bertz CT molecular complexity index is 316. The molecule has 0 rings (SSSR count). The Kier molecular flexibility index (Phi) is 6.77. The minimum Gasteiger partial charge on any atom is -0.391 e. The predicted molar refractivity (Wildman–Crippen MR) is 89.0 cm³/mol. The zero-order valence-corrected chi connectivity index (χ0v) is 15.7. The van der Waals surface area contributed by atoms with Crippen LogP contribution in [0.2, 0.25) is 39.3 Å². The van der Waals surface area contributed by atoms with E-state index in [9.17, 15) is 0 Å². The van der Waals surface area contributed by atoms with Gasteiger partial charge < -0.3 is 8.85 Å². The molecule has 0 aromatic carbocycles. The number of hydrogen-bond acceptors (Lipinski definition) is 2. The van der Waals surface area contributed by atoms with Crippen LogP contribution in [0, 0.1) is 18.3 Å². The molecule has 0 bridgehead atoms. The molecule has 0 radical (unpaired) electrons. The van der Waals surface area contributed by atoms with Crippen LogP contribution >= 0.6 is 0 Å². The van der Waals surface area contributed by atoms with Crippen molar-refractivity contribution in [3.8, 4) is 12.3 Å². The molecule has 0 fully saturated rings. The monoisotopic (exact) mass is 298 g/mol. The van der Waals surface area contributed by atoms with Crippen molar-refractivity contribution in [2.24, 2.45) is 5.92 Å². The van der Waals surface area contributed by atoms with Gasteiger partial charge in [0.2, 0.25) is 0 Å². The summed E-state index contributed by atoms with van der Waals surface area (Å²) in [4.78, 5) is 0. The van der Waals surface area contributed by atoms with Gasteiger partial charge in [-0.25, -0.2) is 0 Å². The standard InChI is InChI=1S/C15H30O2Si2/c1-10-12-14(3)15(13-11-2,16-18(4,5)6)17-19(7,8)9/h2,10,14H,1,12-13H2,3-9H3. The highest BCUT2D eigenvalue weighted by Gasteiger charge is 2.43. The van der Waals surface area contributed by atoms with Gasteiger partial charge in [0.1, 0.15) is 0 Å². The van der Waals surface area contributed by atoms with E-state index in [1.807, 2.05) is 6.08 Å². The Morgan fingerprint density at radius 3 is 1.84 bits per heavy atom. The minimum absolute atomic E-state index is 0.208. The van der Waals surface area contributed by atoms with Gasteiger partial charge in [0.25, 0.3) is 0 Å². The van der Waals surface area contributed by atoms with Crippen molar-refractivity contribution in [2.45, 2.75) is 64.8 Å². The molecule has 110 valence electrons. The largest absolute Gasteiger partial charge is 0.391 e. The first kappa shape index (κ1) is 18.7. The molecular formula is C15H30O2Si2. The Morgan fingerprint density at radius 1 is 1.16 bits per heavy atom. The maximum atomic E-state index is 6.42. The van der Waals surface area contributed by atoms with E-state index in [4.69, 9.17) is 15.3 Å². The molecule has 0 saturated heterocycles. The Hall–Kier alpha value is -0.346. The van der Waals surface area contributed by atoms with E-state index in [2.05, 4.69) is 58.7 Å². The molecule has 1 unspecified atom stereocenters. The van der Waals surface area contributed by atoms with Gasteiger partial charge in [0.15, 0.2) is 22.4 Å². The summed E-state index contributed by atoms with van der Waals surface area (Å²) in [6.07, 6.45) is 8.84. The van der Waals surface area contributed by atoms with Crippen LogP contribution in [-0.2, 0) is 8.85 Å². The lowest BCUT2D eigenvalue weighted by molar-refractivity contribution is -0.160. The highest BCUT2D eigenvalue weighted by atomic mass is 28.4. The third kappa shape index (κ3) is 7.12. The van der Waals surface area contributed by atoms with Crippen LogP contribution < -0.4 is 0 Å². The van der Waals surface area contributed by atoms with Crippen molar-refractivity contribution in [3.63, 3.8) is 0 Å². The first-order valence-electron chi connectivity index (χ1n) is 6.90. The fourth-order valence-electron chi connectivity index (χ4n) is 2.08. The predicted octanol–water partition coefficient (Wildman–Crippen LogP) is 4.62. The smallest absolute Gasteiger partial charge is 0.187 e. The van der Waals surface area contributed by atoms with E-state index < -0.39 is 22.4 Å². The molecule has 4 heteroatoms. The summed E-state index contributed by atoms with van der Waals surface area (Å²) in [7, 11) is -3.51. The summed E-state index contributed by atoms with van der Waals surface area (Å²) in [6, 6.07) is 0. The van der Waals surface area contributed by atoms with Crippen LogP contribution in [0.3, 0.4) is 0 Å². The molecule has 0 aromatic heterocycles. The highest BCUT2D eigenvalue weighted by Crippen LogP contribution is 2.36. The zero-order valence-electron chi connectivity index (χ0n) is 13.7. The average molecular weight is 299 g/mol. The molecule has 0 spiro atoms. The van der Waals surface area contributed by atoms with Crippen molar-refractivity contribution < 1.29 is 8.85 Å². The van der Waals surface area contributed by atoms with E-state index >= 15 is 0 Å². The van der Waals surface area contributed by atoms with Crippen molar-refractivity contribution >= 4 is 16.6 Å². The SMILES string of the molecule is C#CCC(O[Si](C)(C)C)(O[Si](C)(C)C)C(C)CC=C. The van der Waals surface area contributed by atoms with Gasteiger partial charge in [0.05, 0.1) is 6.42 Å². The van der Waals surface area contributed by atoms with Gasteiger partial charge in [-0.15, -0.1) is 18.9 Å². The third-order valence-corrected chi connectivity index (χ3v) is 4.49. The fourth-order valence-corrected chi connectivity index (χ4v) is 4.86. The summed E-state index contributed by atoms with van der Waals surface area (Å²) < 4.78 is 12.8. The topological polar surface area (TPSA) is 18.5 Å². The van der Waals surface area contributed by atoms with Crippen molar-refractivity contribution in [1.82, 2.24) is 0 Å². The third-order valence-electron chi connectivity index (χ3n) is 2.58. The molecule has 0 N–H and O–H groups in total. The van der Waals surface area contributed by atoms with Gasteiger partial charge in [-0.2, -0.15) is 0 Å². The van der Waals surface area contributed by atoms with Gasteiger partial charge in [-0.05, 0) is 45.7 Å². The molecule has 19 heavy (non-hydrogen) atoms. The second-order valence-electron chi connectivity index (χ2n) is 7.05. The van der Waals surface area contributed by atoms with Crippen molar-refractivity contribution in [1.29, 1.82) is 0 Å². The van der Waals surface area contributed by atoms with Gasteiger partial charge in [-0.3, -0.25) is 0 Å². The van der Waals surface area contributed by atoms with E-state index in [0.29, 0.717) is 6.42 Å². The van der Waals surface area contributed by atoms with Gasteiger partial charge in [-0.1, -0.05) is 13.0 Å². The quantitative estimate of drug-likeness (QED) is 0.282. The fraction of sp³-hybridized carbons (Fsp3) is 0.733. The normalized spacial score (nSPS) is 14.8. The highest BCUT2D eigenvalue weighted by molar-refractivity contribution is 6.71. The lowest BCUT2D eigenvalue weighted by Crippen LogP contribution is -2.53. The second kappa shape index (κ2) is 6.89. The first-order chi connectivity index (χ1) is 8.46. The first-order valence-corrected chi connectivity index (χ1v) is 13.7. The Morgan fingerprint density at radius 2 is 1.58 bits per heavy atom. The van der Waals surface area contributed by atoms with E-state index in [-0.39, 0.29) is 5.92 Å². The summed E-state index contributed by atoms with van der Waals surface area (Å²) in [6.45, 7) is 19.0. The summed E-state index contributed by atoms with van der Waals surface area (Å²) in [5, 5.41) is 0. The Labute approximate surface area is 121 Å². The van der Waals surface area contributed by atoms with E-state index in [1.165, 1.54) is 0 Å². The maximum absolute atomic E-state index is 6.42. The summed E-state index contributed by atoms with van der Waals surface area (Å²) >= 11 is 0. The molecule has 1 atom stereocenters. The number of rotatable bonds is 8. The van der Waals surface area contributed by atoms with Crippen LogP contribution in [0.1, 0.15) is 19.8 Å². The molecule has 0 aliphatic heterocycles. The molecule has 0 amide bonds. The number of allylic oxidation sites excluding steroid dienone is 1. The maximum Gasteiger partial charge on any atom is 0.187 e. The van der Waals surface area contributed by atoms with Crippen LogP contribution in [-0.4, -0.2) is 22.4 Å². The van der Waals surface area contributed by atoms with Crippen LogP contribution in [0.25, 0.3) is 0 Å². The molecule has 0 saturated carbocycles. The molecule has 2 nitrogen and oxygen atoms in total. The zero-order chi connectivity index (χ0) is 15.3.